The van der Waals surface area contributed by atoms with E-state index in [9.17, 15) is 0 Å². The van der Waals surface area contributed by atoms with E-state index in [0.717, 1.165) is 61.4 Å². The Kier molecular flexibility index (Phi) is 7.49. The van der Waals surface area contributed by atoms with Crippen LogP contribution in [0.1, 0.15) is 0 Å². The fourth-order valence-corrected chi connectivity index (χ4v) is 6.85. The molecule has 0 bridgehead atoms. The molecule has 0 aliphatic heterocycles. The van der Waals surface area contributed by atoms with Crippen LogP contribution in [0.3, 0.4) is 0 Å². The maximum absolute atomic E-state index is 5.88. The summed E-state index contributed by atoms with van der Waals surface area (Å²) in [7, 11) is 0. The lowest BCUT2D eigenvalue weighted by Crippen LogP contribution is -1.95. The fraction of sp³-hybridized carbons (Fsp3) is 0. The molecule has 6 aromatic carbocycles. The lowest BCUT2D eigenvalue weighted by molar-refractivity contribution is 0.606. The van der Waals surface area contributed by atoms with Crippen molar-refractivity contribution in [3.63, 3.8) is 0 Å². The molecule has 0 aliphatic rings. The smallest absolute Gasteiger partial charge is 0.133 e. The minimum Gasteiger partial charge on any atom is -0.464 e. The van der Waals surface area contributed by atoms with Crippen molar-refractivity contribution in [2.24, 2.45) is 0 Å². The van der Waals surface area contributed by atoms with Crippen LogP contribution in [-0.2, 0) is 0 Å². The van der Waals surface area contributed by atoms with Crippen LogP contribution in [0.4, 0.5) is 0 Å². The minimum atomic E-state index is 0.843. The van der Waals surface area contributed by atoms with Crippen LogP contribution < -0.4 is 0 Å². The van der Waals surface area contributed by atoms with Gasteiger partial charge in [0.25, 0.3) is 0 Å². The van der Waals surface area contributed by atoms with Crippen molar-refractivity contribution in [2.75, 3.05) is 0 Å². The van der Waals surface area contributed by atoms with Gasteiger partial charge in [-0.15, -0.1) is 0 Å². The first kappa shape index (κ1) is 29.4. The van der Waals surface area contributed by atoms with Crippen LogP contribution in [-0.4, -0.2) is 9.55 Å². The van der Waals surface area contributed by atoms with Gasteiger partial charge in [0.05, 0.1) is 28.7 Å². The van der Waals surface area contributed by atoms with Gasteiger partial charge in [0, 0.05) is 33.0 Å². The van der Waals surface area contributed by atoms with Gasteiger partial charge in [-0.2, -0.15) is 0 Å². The SMILES string of the molecule is c1ccc(-c2cc(-c3ccccc3)nc(-c3ccc(-n4c5ccccc5c5cc(-c6cccoc7ccccc7cc6)ccc54)cc3)c2)cc1. The average Bonchev–Trinajstić information content (AvgIpc) is 3.57. The topological polar surface area (TPSA) is 31.0 Å². The molecule has 9 rings (SSSR count). The summed E-state index contributed by atoms with van der Waals surface area (Å²) in [4.78, 5) is 5.15. The van der Waals surface area contributed by atoms with Crippen molar-refractivity contribution in [2.45, 2.75) is 0 Å². The summed E-state index contributed by atoms with van der Waals surface area (Å²) in [6, 6.07) is 66.0. The van der Waals surface area contributed by atoms with E-state index in [-0.39, 0.29) is 0 Å². The van der Waals surface area contributed by atoms with Crippen LogP contribution in [0.2, 0.25) is 0 Å². The summed E-state index contributed by atoms with van der Waals surface area (Å²) >= 11 is 0. The molecule has 3 aromatic heterocycles. The average molecular weight is 641 g/mol. The molecular formula is C47H32N2O. The van der Waals surface area contributed by atoms with E-state index < -0.39 is 0 Å². The van der Waals surface area contributed by atoms with Gasteiger partial charge in [-0.05, 0) is 76.9 Å². The zero-order valence-electron chi connectivity index (χ0n) is 27.3. The normalized spacial score (nSPS) is 11.2. The molecule has 0 aliphatic carbocycles. The summed E-state index contributed by atoms with van der Waals surface area (Å²) in [5.41, 5.74) is 12.9. The number of fused-ring (bicyclic) bond motifs is 4. The molecule has 0 atom stereocenters. The number of hydrogen-bond acceptors (Lipinski definition) is 2. The first-order chi connectivity index (χ1) is 24.8. The number of para-hydroxylation sites is 2. The van der Waals surface area contributed by atoms with Crippen LogP contribution >= 0.6 is 0 Å². The monoisotopic (exact) mass is 640 g/mol. The molecule has 0 saturated heterocycles. The highest BCUT2D eigenvalue weighted by atomic mass is 16.3. The largest absolute Gasteiger partial charge is 0.464 e. The Hall–Kier alpha value is -6.71. The second-order valence-electron chi connectivity index (χ2n) is 12.4. The Balaban J connectivity index is 1.14. The van der Waals surface area contributed by atoms with E-state index >= 15 is 0 Å². The second-order valence-corrected chi connectivity index (χ2v) is 12.4. The van der Waals surface area contributed by atoms with Gasteiger partial charge < -0.3 is 8.98 Å². The maximum Gasteiger partial charge on any atom is 0.133 e. The van der Waals surface area contributed by atoms with Gasteiger partial charge in [0.1, 0.15) is 5.58 Å². The lowest BCUT2D eigenvalue weighted by atomic mass is 10.00. The second kappa shape index (κ2) is 12.7. The zero-order valence-corrected chi connectivity index (χ0v) is 27.3. The summed E-state index contributed by atoms with van der Waals surface area (Å²) in [6.07, 6.45) is 1.75. The molecule has 0 spiro atoms. The predicted octanol–water partition coefficient (Wildman–Crippen LogP) is 12.7. The highest BCUT2D eigenvalue weighted by molar-refractivity contribution is 6.10. The number of rotatable bonds is 5. The molecule has 0 unspecified atom stereocenters. The number of aromatic nitrogens is 2. The molecular weight excluding hydrogens is 609 g/mol. The first-order valence-electron chi connectivity index (χ1n) is 16.9. The molecule has 3 nitrogen and oxygen atoms in total. The van der Waals surface area contributed by atoms with Crippen LogP contribution in [0.25, 0.3) is 83.2 Å². The summed E-state index contributed by atoms with van der Waals surface area (Å²) in [5, 5.41) is 3.47. The Morgan fingerprint density at radius 1 is 0.380 bits per heavy atom. The van der Waals surface area contributed by atoms with Crippen molar-refractivity contribution in [3.05, 3.63) is 194 Å². The minimum absolute atomic E-state index is 0.843. The first-order valence-corrected chi connectivity index (χ1v) is 16.9. The van der Waals surface area contributed by atoms with Gasteiger partial charge >= 0.3 is 0 Å². The predicted molar refractivity (Wildman–Crippen MR) is 208 cm³/mol. The third-order valence-corrected chi connectivity index (χ3v) is 9.34. The molecule has 3 heterocycles. The van der Waals surface area contributed by atoms with Gasteiger partial charge in [-0.25, -0.2) is 4.98 Å². The molecule has 9 aromatic rings. The van der Waals surface area contributed by atoms with Gasteiger partial charge in [-0.3, -0.25) is 0 Å². The van der Waals surface area contributed by atoms with E-state index in [1.165, 1.54) is 21.9 Å². The van der Waals surface area contributed by atoms with E-state index in [0.29, 0.717) is 0 Å². The van der Waals surface area contributed by atoms with Gasteiger partial charge in [-0.1, -0.05) is 133 Å². The Morgan fingerprint density at radius 3 is 1.76 bits per heavy atom. The van der Waals surface area contributed by atoms with Crippen LogP contribution in [0, 0.1) is 0 Å². The van der Waals surface area contributed by atoms with Crippen molar-refractivity contribution in [1.82, 2.24) is 9.55 Å². The number of hydrogen-bond donors (Lipinski definition) is 0. The summed E-state index contributed by atoms with van der Waals surface area (Å²) < 4.78 is 8.24. The molecule has 236 valence electrons. The summed E-state index contributed by atoms with van der Waals surface area (Å²) in [6.45, 7) is 0. The zero-order chi connectivity index (χ0) is 33.3. The van der Waals surface area contributed by atoms with E-state index in [2.05, 4.69) is 162 Å². The van der Waals surface area contributed by atoms with Crippen molar-refractivity contribution >= 4 is 32.8 Å². The third kappa shape index (κ3) is 5.51. The van der Waals surface area contributed by atoms with Gasteiger partial charge in [0.2, 0.25) is 0 Å². The van der Waals surface area contributed by atoms with Crippen molar-refractivity contribution in [3.8, 4) is 50.5 Å². The van der Waals surface area contributed by atoms with Crippen molar-refractivity contribution in [1.29, 1.82) is 0 Å². The van der Waals surface area contributed by atoms with Gasteiger partial charge in [0.15, 0.2) is 0 Å². The van der Waals surface area contributed by atoms with Crippen LogP contribution in [0.15, 0.2) is 199 Å². The molecule has 0 N–H and O–H groups in total. The third-order valence-electron chi connectivity index (χ3n) is 9.34. The van der Waals surface area contributed by atoms with Crippen LogP contribution in [0.5, 0.6) is 0 Å². The van der Waals surface area contributed by atoms with Crippen molar-refractivity contribution < 1.29 is 4.42 Å². The summed E-state index contributed by atoms with van der Waals surface area (Å²) in [5.74, 6) is 0. The molecule has 0 radical (unpaired) electrons. The quantitative estimate of drug-likeness (QED) is 0.187. The number of pyridine rings is 1. The highest BCUT2D eigenvalue weighted by Crippen LogP contribution is 2.36. The maximum atomic E-state index is 5.88. The molecule has 0 amide bonds. The highest BCUT2D eigenvalue weighted by Gasteiger charge is 2.14. The fourth-order valence-electron chi connectivity index (χ4n) is 6.85. The molecule has 0 saturated carbocycles. The molecule has 3 heteroatoms. The molecule has 50 heavy (non-hydrogen) atoms. The van der Waals surface area contributed by atoms with E-state index in [4.69, 9.17) is 9.40 Å². The Labute approximate surface area is 290 Å². The van der Waals surface area contributed by atoms with E-state index in [1.807, 2.05) is 30.3 Å². The molecule has 0 fully saturated rings. The van der Waals surface area contributed by atoms with E-state index in [1.54, 1.807) is 6.26 Å². The number of nitrogens with zero attached hydrogens (tertiary/aromatic N) is 2. The Morgan fingerprint density at radius 2 is 0.960 bits per heavy atom. The lowest BCUT2D eigenvalue weighted by Gasteiger charge is -2.12. The Bertz CT molecular complexity index is 2630. The standard InChI is InChI=1S/C47H32N2O/c1-3-12-33(13-4-1)39-31-43(35-14-5-2-6-15-35)48-44(32-39)36-23-26-40(27-24-36)49-45-19-9-8-18-41(45)42-30-38(25-28-46(42)49)34-17-11-29-50-47-20-10-7-16-37(47)22-21-34/h1-32H. The number of benzene rings is 6.